The number of thiazole rings is 1. The van der Waals surface area contributed by atoms with Crippen molar-refractivity contribution in [1.82, 2.24) is 9.88 Å². The molecule has 124 valence electrons. The molecule has 3 heterocycles. The van der Waals surface area contributed by atoms with Crippen LogP contribution in [0.3, 0.4) is 0 Å². The van der Waals surface area contributed by atoms with Crippen LogP contribution < -0.4 is 4.90 Å². The molecule has 1 amide bonds. The number of fused-ring (bicyclic) bond motifs is 1. The molecule has 1 saturated heterocycles. The molecule has 3 aromatic rings. The summed E-state index contributed by atoms with van der Waals surface area (Å²) in [5.74, 6) is 0.782. The quantitative estimate of drug-likeness (QED) is 0.789. The van der Waals surface area contributed by atoms with E-state index in [4.69, 9.17) is 9.40 Å². The third kappa shape index (κ3) is 2.95. The highest BCUT2D eigenvalue weighted by atomic mass is 32.1. The molecule has 2 aromatic heterocycles. The second kappa shape index (κ2) is 6.37. The number of nitrogens with zero attached hydrogens (tertiary/aromatic N) is 2. The molecule has 0 atom stereocenters. The van der Waals surface area contributed by atoms with Crippen molar-refractivity contribution in [3.05, 3.63) is 52.9 Å². The SMILES string of the molecule is Cc1occc1C(=O)N1CC[NH+](Cc2nc3ccccc3s2)CC1. The number of rotatable bonds is 3. The third-order valence-corrected chi connectivity index (χ3v) is 5.62. The summed E-state index contributed by atoms with van der Waals surface area (Å²) in [6.45, 7) is 6.25. The van der Waals surface area contributed by atoms with Crippen LogP contribution in [-0.4, -0.2) is 42.0 Å². The van der Waals surface area contributed by atoms with Crippen LogP contribution in [0.2, 0.25) is 0 Å². The predicted molar refractivity (Wildman–Crippen MR) is 93.4 cm³/mol. The molecule has 1 aromatic carbocycles. The first-order chi connectivity index (χ1) is 11.7. The number of para-hydroxylation sites is 1. The van der Waals surface area contributed by atoms with E-state index < -0.39 is 0 Å². The lowest BCUT2D eigenvalue weighted by molar-refractivity contribution is -0.917. The van der Waals surface area contributed by atoms with Crippen LogP contribution in [0.4, 0.5) is 0 Å². The first-order valence-corrected chi connectivity index (χ1v) is 9.04. The summed E-state index contributed by atoms with van der Waals surface area (Å²) in [5.41, 5.74) is 1.77. The van der Waals surface area contributed by atoms with Crippen LogP contribution >= 0.6 is 11.3 Å². The molecule has 1 fully saturated rings. The number of carbonyl (C=O) groups excluding carboxylic acids is 1. The van der Waals surface area contributed by atoms with Gasteiger partial charge in [0.2, 0.25) is 0 Å². The maximum Gasteiger partial charge on any atom is 0.257 e. The lowest BCUT2D eigenvalue weighted by atomic mass is 10.2. The Labute approximate surface area is 144 Å². The molecule has 5 nitrogen and oxygen atoms in total. The average Bonchev–Trinajstić information content (AvgIpc) is 3.20. The van der Waals surface area contributed by atoms with Gasteiger partial charge in [-0.3, -0.25) is 4.79 Å². The van der Waals surface area contributed by atoms with Crippen molar-refractivity contribution in [1.29, 1.82) is 0 Å². The fraction of sp³-hybridized carbons (Fsp3) is 0.333. The van der Waals surface area contributed by atoms with Crippen molar-refractivity contribution in [3.8, 4) is 0 Å². The molecule has 6 heteroatoms. The fourth-order valence-corrected chi connectivity index (χ4v) is 4.23. The van der Waals surface area contributed by atoms with Gasteiger partial charge in [0.15, 0.2) is 0 Å². The van der Waals surface area contributed by atoms with Crippen LogP contribution in [-0.2, 0) is 6.54 Å². The number of aryl methyl sites for hydroxylation is 1. The summed E-state index contributed by atoms with van der Waals surface area (Å²) in [4.78, 5) is 20.6. The van der Waals surface area contributed by atoms with E-state index in [0.29, 0.717) is 11.3 Å². The van der Waals surface area contributed by atoms with Gasteiger partial charge in [0, 0.05) is 0 Å². The molecule has 1 aliphatic rings. The molecular formula is C18H20N3O2S+. The second-order valence-electron chi connectivity index (χ2n) is 6.18. The van der Waals surface area contributed by atoms with Gasteiger partial charge in [0.1, 0.15) is 17.3 Å². The molecule has 0 bridgehead atoms. The summed E-state index contributed by atoms with van der Waals surface area (Å²) < 4.78 is 6.49. The van der Waals surface area contributed by atoms with Gasteiger partial charge in [-0.1, -0.05) is 12.1 Å². The summed E-state index contributed by atoms with van der Waals surface area (Å²) in [6, 6.07) is 10.0. The standard InChI is InChI=1S/C18H19N3O2S/c1-13-14(6-11-23-13)18(22)21-9-7-20(8-10-21)12-17-19-15-4-2-3-5-16(15)24-17/h2-6,11H,7-10,12H2,1H3/p+1. The molecule has 4 rings (SSSR count). The third-order valence-electron chi connectivity index (χ3n) is 4.59. The van der Waals surface area contributed by atoms with Crippen molar-refractivity contribution in [2.75, 3.05) is 26.2 Å². The molecule has 24 heavy (non-hydrogen) atoms. The van der Waals surface area contributed by atoms with Crippen LogP contribution in [0.5, 0.6) is 0 Å². The summed E-state index contributed by atoms with van der Waals surface area (Å²) >= 11 is 1.77. The number of furan rings is 1. The normalized spacial score (nSPS) is 16.0. The van der Waals surface area contributed by atoms with E-state index in [9.17, 15) is 4.79 Å². The van der Waals surface area contributed by atoms with E-state index in [-0.39, 0.29) is 5.91 Å². The van der Waals surface area contributed by atoms with Crippen LogP contribution in [0.25, 0.3) is 10.2 Å². The zero-order valence-electron chi connectivity index (χ0n) is 13.6. The Morgan fingerprint density at radius 3 is 2.79 bits per heavy atom. The number of benzene rings is 1. The summed E-state index contributed by atoms with van der Waals surface area (Å²) in [6.07, 6.45) is 1.58. The fourth-order valence-electron chi connectivity index (χ4n) is 3.19. The van der Waals surface area contributed by atoms with Gasteiger partial charge in [0.05, 0.1) is 48.2 Å². The van der Waals surface area contributed by atoms with Crippen molar-refractivity contribution >= 4 is 27.5 Å². The highest BCUT2D eigenvalue weighted by Gasteiger charge is 2.26. The van der Waals surface area contributed by atoms with E-state index in [2.05, 4.69) is 18.2 Å². The molecule has 1 aliphatic heterocycles. The van der Waals surface area contributed by atoms with Gasteiger partial charge in [-0.05, 0) is 25.1 Å². The Hall–Kier alpha value is -2.18. The number of hydrogen-bond acceptors (Lipinski definition) is 4. The van der Waals surface area contributed by atoms with Crippen molar-refractivity contribution < 1.29 is 14.1 Å². The van der Waals surface area contributed by atoms with Crippen molar-refractivity contribution in [2.24, 2.45) is 0 Å². The number of hydrogen-bond donors (Lipinski definition) is 1. The first kappa shape index (κ1) is 15.4. The number of amides is 1. The zero-order chi connectivity index (χ0) is 16.5. The van der Waals surface area contributed by atoms with Crippen molar-refractivity contribution in [3.63, 3.8) is 0 Å². The minimum Gasteiger partial charge on any atom is -0.469 e. The topological polar surface area (TPSA) is 50.8 Å². The molecule has 0 aliphatic carbocycles. The Morgan fingerprint density at radius 2 is 2.08 bits per heavy atom. The van der Waals surface area contributed by atoms with Crippen molar-refractivity contribution in [2.45, 2.75) is 13.5 Å². The molecule has 0 unspecified atom stereocenters. The van der Waals surface area contributed by atoms with Gasteiger partial charge in [0.25, 0.3) is 5.91 Å². The Bertz CT molecular complexity index is 829. The lowest BCUT2D eigenvalue weighted by Gasteiger charge is -2.31. The van der Waals surface area contributed by atoms with Crippen LogP contribution in [0.15, 0.2) is 41.0 Å². The summed E-state index contributed by atoms with van der Waals surface area (Å²) in [7, 11) is 0. The Balaban J connectivity index is 1.37. The zero-order valence-corrected chi connectivity index (χ0v) is 14.4. The Kier molecular flexibility index (Phi) is 4.08. The van der Waals surface area contributed by atoms with Gasteiger partial charge >= 0.3 is 0 Å². The van der Waals surface area contributed by atoms with E-state index in [1.165, 1.54) is 14.6 Å². The maximum atomic E-state index is 12.5. The van der Waals surface area contributed by atoms with E-state index in [1.807, 2.05) is 17.9 Å². The number of carbonyl (C=O) groups is 1. The molecule has 1 N–H and O–H groups in total. The minimum atomic E-state index is 0.0836. The smallest absolute Gasteiger partial charge is 0.257 e. The number of piperazine rings is 1. The van der Waals surface area contributed by atoms with E-state index in [1.54, 1.807) is 23.7 Å². The highest BCUT2D eigenvalue weighted by Crippen LogP contribution is 2.20. The largest absolute Gasteiger partial charge is 0.469 e. The van der Waals surface area contributed by atoms with Gasteiger partial charge in [-0.15, -0.1) is 11.3 Å². The van der Waals surface area contributed by atoms with Gasteiger partial charge in [-0.25, -0.2) is 4.98 Å². The first-order valence-electron chi connectivity index (χ1n) is 8.22. The summed E-state index contributed by atoms with van der Waals surface area (Å²) in [5, 5.41) is 1.18. The predicted octanol–water partition coefficient (Wildman–Crippen LogP) is 1.74. The van der Waals surface area contributed by atoms with Gasteiger partial charge < -0.3 is 14.2 Å². The van der Waals surface area contributed by atoms with Crippen LogP contribution in [0.1, 0.15) is 21.1 Å². The van der Waals surface area contributed by atoms with Gasteiger partial charge in [-0.2, -0.15) is 0 Å². The molecule has 0 spiro atoms. The second-order valence-corrected chi connectivity index (χ2v) is 7.30. The average molecular weight is 342 g/mol. The lowest BCUT2D eigenvalue weighted by Crippen LogP contribution is -3.13. The van der Waals surface area contributed by atoms with E-state index >= 15 is 0 Å². The van der Waals surface area contributed by atoms with Crippen LogP contribution in [0, 0.1) is 6.92 Å². The van der Waals surface area contributed by atoms with E-state index in [0.717, 1.165) is 38.2 Å². The molecule has 0 radical (unpaired) electrons. The molecular weight excluding hydrogens is 322 g/mol. The number of quaternary nitrogens is 1. The monoisotopic (exact) mass is 342 g/mol. The molecule has 0 saturated carbocycles. The Morgan fingerprint density at radius 1 is 1.29 bits per heavy atom. The minimum absolute atomic E-state index is 0.0836. The number of nitrogens with one attached hydrogen (secondary N) is 1. The highest BCUT2D eigenvalue weighted by molar-refractivity contribution is 7.18. The maximum absolute atomic E-state index is 12.5. The number of aromatic nitrogens is 1.